The van der Waals surface area contributed by atoms with Crippen LogP contribution in [-0.2, 0) is 0 Å². The summed E-state index contributed by atoms with van der Waals surface area (Å²) in [5, 5.41) is 0. The first-order valence-electron chi connectivity index (χ1n) is 8.33. The molecule has 0 aliphatic carbocycles. The van der Waals surface area contributed by atoms with E-state index >= 15 is 0 Å². The molecule has 3 aromatic carbocycles. The summed E-state index contributed by atoms with van der Waals surface area (Å²) in [6.07, 6.45) is 0. The Morgan fingerprint density at radius 1 is 0.808 bits per heavy atom. The lowest BCUT2D eigenvalue weighted by Crippen LogP contribution is -2.10. The summed E-state index contributed by atoms with van der Waals surface area (Å²) in [5.41, 5.74) is 1.34. The van der Waals surface area contributed by atoms with Crippen molar-refractivity contribution in [1.29, 1.82) is 0 Å². The van der Waals surface area contributed by atoms with Crippen LogP contribution in [0.2, 0.25) is 0 Å². The van der Waals surface area contributed by atoms with Crippen LogP contribution in [0, 0.1) is 0 Å². The summed E-state index contributed by atoms with van der Waals surface area (Å²) in [5.74, 6) is 0.0852. The lowest BCUT2D eigenvalue weighted by atomic mass is 10.0. The molecule has 0 fully saturated rings. The summed E-state index contributed by atoms with van der Waals surface area (Å²) in [7, 11) is 0. The molecular weight excluding hydrogens is 328 g/mol. The molecule has 0 unspecified atom stereocenters. The van der Waals surface area contributed by atoms with E-state index in [0.29, 0.717) is 34.8 Å². The molecule has 3 rings (SSSR count). The SMILES string of the molecule is CCOc1ccc(OC(=O)c2ccccc2)cc1C(=O)c1ccccc1. The summed E-state index contributed by atoms with van der Waals surface area (Å²) < 4.78 is 11.0. The Bertz CT molecular complexity index is 902. The second-order valence-corrected chi connectivity index (χ2v) is 5.54. The predicted octanol–water partition coefficient (Wildman–Crippen LogP) is 4.54. The van der Waals surface area contributed by atoms with Gasteiger partial charge in [-0.2, -0.15) is 0 Å². The van der Waals surface area contributed by atoms with Crippen LogP contribution in [0.25, 0.3) is 0 Å². The molecule has 0 aromatic heterocycles. The van der Waals surface area contributed by atoms with Crippen molar-refractivity contribution in [3.63, 3.8) is 0 Å². The molecule has 0 spiro atoms. The lowest BCUT2D eigenvalue weighted by molar-refractivity contribution is 0.0733. The first-order chi connectivity index (χ1) is 12.7. The van der Waals surface area contributed by atoms with E-state index in [9.17, 15) is 9.59 Å². The number of esters is 1. The standard InChI is InChI=1S/C22H18O4/c1-2-25-20-14-13-18(26-22(24)17-11-7-4-8-12-17)15-19(20)21(23)16-9-5-3-6-10-16/h3-15H,2H2,1H3. The van der Waals surface area contributed by atoms with Crippen molar-refractivity contribution in [1.82, 2.24) is 0 Å². The van der Waals surface area contributed by atoms with Gasteiger partial charge in [0.15, 0.2) is 5.78 Å². The molecular formula is C22H18O4. The minimum Gasteiger partial charge on any atom is -0.493 e. The van der Waals surface area contributed by atoms with E-state index < -0.39 is 5.97 Å². The van der Waals surface area contributed by atoms with Crippen LogP contribution in [-0.4, -0.2) is 18.4 Å². The fourth-order valence-electron chi connectivity index (χ4n) is 2.52. The molecule has 0 bridgehead atoms. The largest absolute Gasteiger partial charge is 0.493 e. The smallest absolute Gasteiger partial charge is 0.343 e. The summed E-state index contributed by atoms with van der Waals surface area (Å²) in [6, 6.07) is 22.4. The maximum atomic E-state index is 12.8. The lowest BCUT2D eigenvalue weighted by Gasteiger charge is -2.12. The Morgan fingerprint density at radius 3 is 2.04 bits per heavy atom. The van der Waals surface area contributed by atoms with E-state index in [1.807, 2.05) is 19.1 Å². The van der Waals surface area contributed by atoms with E-state index in [2.05, 4.69) is 0 Å². The minimum atomic E-state index is -0.479. The van der Waals surface area contributed by atoms with Gasteiger partial charge < -0.3 is 9.47 Å². The maximum absolute atomic E-state index is 12.8. The van der Waals surface area contributed by atoms with Gasteiger partial charge >= 0.3 is 5.97 Å². The van der Waals surface area contributed by atoms with E-state index in [0.717, 1.165) is 0 Å². The van der Waals surface area contributed by atoms with Crippen molar-refractivity contribution in [2.24, 2.45) is 0 Å². The van der Waals surface area contributed by atoms with Gasteiger partial charge in [0, 0.05) is 5.56 Å². The summed E-state index contributed by atoms with van der Waals surface area (Å²) in [6.45, 7) is 2.28. The zero-order chi connectivity index (χ0) is 18.4. The molecule has 26 heavy (non-hydrogen) atoms. The maximum Gasteiger partial charge on any atom is 0.343 e. The van der Waals surface area contributed by atoms with Crippen LogP contribution in [0.15, 0.2) is 78.9 Å². The second-order valence-electron chi connectivity index (χ2n) is 5.54. The van der Waals surface area contributed by atoms with Crippen LogP contribution < -0.4 is 9.47 Å². The van der Waals surface area contributed by atoms with E-state index in [-0.39, 0.29) is 5.78 Å². The average Bonchev–Trinajstić information content (AvgIpc) is 2.70. The quantitative estimate of drug-likeness (QED) is 0.374. The minimum absolute atomic E-state index is 0.188. The molecule has 0 saturated heterocycles. The Hall–Kier alpha value is -3.40. The molecule has 0 N–H and O–H groups in total. The molecule has 0 radical (unpaired) electrons. The molecule has 0 aliphatic rings. The van der Waals surface area contributed by atoms with Gasteiger partial charge in [-0.25, -0.2) is 4.79 Å². The topological polar surface area (TPSA) is 52.6 Å². The highest BCUT2D eigenvalue weighted by Gasteiger charge is 2.17. The number of hydrogen-bond acceptors (Lipinski definition) is 4. The first-order valence-corrected chi connectivity index (χ1v) is 8.33. The number of carbonyl (C=O) groups is 2. The van der Waals surface area contributed by atoms with Gasteiger partial charge in [-0.05, 0) is 37.3 Å². The monoisotopic (exact) mass is 346 g/mol. The molecule has 0 heterocycles. The van der Waals surface area contributed by atoms with Gasteiger partial charge in [0.2, 0.25) is 0 Å². The zero-order valence-corrected chi connectivity index (χ0v) is 14.3. The highest BCUT2D eigenvalue weighted by molar-refractivity contribution is 6.11. The molecule has 0 saturated carbocycles. The molecule has 0 amide bonds. The first kappa shape index (κ1) is 17.4. The van der Waals surface area contributed by atoms with Crippen molar-refractivity contribution >= 4 is 11.8 Å². The third kappa shape index (κ3) is 3.98. The fraction of sp³-hybridized carbons (Fsp3) is 0.0909. The van der Waals surface area contributed by atoms with Gasteiger partial charge in [-0.3, -0.25) is 4.79 Å². The number of benzene rings is 3. The highest BCUT2D eigenvalue weighted by atomic mass is 16.5. The van der Waals surface area contributed by atoms with Crippen molar-refractivity contribution in [2.45, 2.75) is 6.92 Å². The molecule has 0 atom stereocenters. The number of ether oxygens (including phenoxy) is 2. The Morgan fingerprint density at radius 2 is 1.42 bits per heavy atom. The van der Waals surface area contributed by atoms with Gasteiger partial charge in [-0.1, -0.05) is 48.5 Å². The number of ketones is 1. The summed E-state index contributed by atoms with van der Waals surface area (Å²) in [4.78, 5) is 25.1. The van der Waals surface area contributed by atoms with Crippen LogP contribution in [0.3, 0.4) is 0 Å². The molecule has 4 heteroatoms. The van der Waals surface area contributed by atoms with Crippen LogP contribution in [0.5, 0.6) is 11.5 Å². The van der Waals surface area contributed by atoms with E-state index in [1.165, 1.54) is 0 Å². The van der Waals surface area contributed by atoms with Gasteiger partial charge in [-0.15, -0.1) is 0 Å². The molecule has 0 aliphatic heterocycles. The Balaban J connectivity index is 1.91. The van der Waals surface area contributed by atoms with Crippen molar-refractivity contribution in [2.75, 3.05) is 6.61 Å². The third-order valence-corrected chi connectivity index (χ3v) is 3.75. The fourth-order valence-corrected chi connectivity index (χ4v) is 2.52. The van der Waals surface area contributed by atoms with Gasteiger partial charge in [0.05, 0.1) is 17.7 Å². The molecule has 4 nitrogen and oxygen atoms in total. The van der Waals surface area contributed by atoms with E-state index in [1.54, 1.807) is 66.7 Å². The van der Waals surface area contributed by atoms with Crippen LogP contribution in [0.1, 0.15) is 33.2 Å². The predicted molar refractivity (Wildman–Crippen MR) is 98.9 cm³/mol. The molecule has 3 aromatic rings. The zero-order valence-electron chi connectivity index (χ0n) is 14.3. The number of hydrogen-bond donors (Lipinski definition) is 0. The summed E-state index contributed by atoms with van der Waals surface area (Å²) >= 11 is 0. The highest BCUT2D eigenvalue weighted by Crippen LogP contribution is 2.27. The van der Waals surface area contributed by atoms with Crippen LogP contribution >= 0.6 is 0 Å². The van der Waals surface area contributed by atoms with Crippen LogP contribution in [0.4, 0.5) is 0 Å². The van der Waals surface area contributed by atoms with Gasteiger partial charge in [0.25, 0.3) is 0 Å². The Kier molecular flexibility index (Phi) is 5.44. The molecule has 130 valence electrons. The number of carbonyl (C=O) groups excluding carboxylic acids is 2. The second kappa shape index (κ2) is 8.12. The normalized spacial score (nSPS) is 10.2. The van der Waals surface area contributed by atoms with E-state index in [4.69, 9.17) is 9.47 Å². The average molecular weight is 346 g/mol. The third-order valence-electron chi connectivity index (χ3n) is 3.75. The van der Waals surface area contributed by atoms with Crippen molar-refractivity contribution in [3.8, 4) is 11.5 Å². The van der Waals surface area contributed by atoms with Gasteiger partial charge in [0.1, 0.15) is 11.5 Å². The van der Waals surface area contributed by atoms with Crippen molar-refractivity contribution < 1.29 is 19.1 Å². The van der Waals surface area contributed by atoms with Crippen molar-refractivity contribution in [3.05, 3.63) is 95.6 Å². The Labute approximate surface area is 152 Å². The number of rotatable bonds is 6.